The van der Waals surface area contributed by atoms with Gasteiger partial charge < -0.3 is 20.9 Å². The summed E-state index contributed by atoms with van der Waals surface area (Å²) in [4.78, 5) is 37.6. The third-order valence-corrected chi connectivity index (χ3v) is 6.13. The molecule has 3 amide bonds. The maximum Gasteiger partial charge on any atom is 0.234 e. The SMILES string of the molecule is CCCNC(=O)C1CCN(c2ccc(SCC(=O)Nc3ccc(NC(C)=O)cc3)nn2)CC1. The number of amides is 3. The van der Waals surface area contributed by atoms with Crippen LogP contribution in [0.5, 0.6) is 0 Å². The van der Waals surface area contributed by atoms with Crippen LogP contribution in [-0.4, -0.2) is 53.3 Å². The van der Waals surface area contributed by atoms with Crippen molar-refractivity contribution < 1.29 is 14.4 Å². The lowest BCUT2D eigenvalue weighted by atomic mass is 9.96. The van der Waals surface area contributed by atoms with Gasteiger partial charge in [-0.05, 0) is 55.7 Å². The number of carbonyl (C=O) groups is 3. The number of rotatable bonds is 9. The topological polar surface area (TPSA) is 116 Å². The molecule has 9 nitrogen and oxygen atoms in total. The van der Waals surface area contributed by atoms with Crippen molar-refractivity contribution in [1.82, 2.24) is 15.5 Å². The summed E-state index contributed by atoms with van der Waals surface area (Å²) >= 11 is 1.31. The zero-order valence-corrected chi connectivity index (χ0v) is 19.8. The second-order valence-electron chi connectivity index (χ2n) is 7.88. The molecule has 10 heteroatoms. The summed E-state index contributed by atoms with van der Waals surface area (Å²) in [5.41, 5.74) is 1.33. The first-order valence-electron chi connectivity index (χ1n) is 11.1. The molecule has 2 aromatic rings. The molecule has 1 aromatic carbocycles. The van der Waals surface area contributed by atoms with Gasteiger partial charge in [0.05, 0.1) is 5.75 Å². The average molecular weight is 471 g/mol. The predicted molar refractivity (Wildman–Crippen MR) is 130 cm³/mol. The lowest BCUT2D eigenvalue weighted by Crippen LogP contribution is -2.41. The Bertz CT molecular complexity index is 944. The number of carbonyl (C=O) groups excluding carboxylic acids is 3. The van der Waals surface area contributed by atoms with Crippen molar-refractivity contribution in [3.63, 3.8) is 0 Å². The second-order valence-corrected chi connectivity index (χ2v) is 8.87. The molecule has 0 bridgehead atoms. The highest BCUT2D eigenvalue weighted by molar-refractivity contribution is 7.99. The van der Waals surface area contributed by atoms with Gasteiger partial charge in [-0.25, -0.2) is 0 Å². The van der Waals surface area contributed by atoms with Crippen molar-refractivity contribution in [1.29, 1.82) is 0 Å². The molecule has 33 heavy (non-hydrogen) atoms. The first kappa shape index (κ1) is 24.5. The van der Waals surface area contributed by atoms with Crippen LogP contribution in [0.25, 0.3) is 0 Å². The minimum Gasteiger partial charge on any atom is -0.356 e. The summed E-state index contributed by atoms with van der Waals surface area (Å²) in [6.07, 6.45) is 2.55. The number of nitrogens with one attached hydrogen (secondary N) is 3. The highest BCUT2D eigenvalue weighted by Gasteiger charge is 2.25. The number of nitrogens with zero attached hydrogens (tertiary/aromatic N) is 3. The van der Waals surface area contributed by atoms with Crippen LogP contribution in [0.1, 0.15) is 33.1 Å². The van der Waals surface area contributed by atoms with Crippen molar-refractivity contribution in [2.24, 2.45) is 5.92 Å². The van der Waals surface area contributed by atoms with E-state index in [4.69, 9.17) is 0 Å². The van der Waals surface area contributed by atoms with Crippen LogP contribution < -0.4 is 20.9 Å². The molecular weight excluding hydrogens is 440 g/mol. The fraction of sp³-hybridized carbons (Fsp3) is 0.435. The largest absolute Gasteiger partial charge is 0.356 e. The van der Waals surface area contributed by atoms with E-state index in [0.717, 1.165) is 44.7 Å². The maximum absolute atomic E-state index is 12.2. The van der Waals surface area contributed by atoms with Crippen molar-refractivity contribution >= 4 is 46.7 Å². The third kappa shape index (κ3) is 7.74. The maximum atomic E-state index is 12.2. The molecule has 0 spiro atoms. The molecule has 0 aliphatic carbocycles. The Morgan fingerprint density at radius 1 is 1.00 bits per heavy atom. The molecule has 3 rings (SSSR count). The lowest BCUT2D eigenvalue weighted by molar-refractivity contribution is -0.125. The average Bonchev–Trinajstić information content (AvgIpc) is 2.82. The van der Waals surface area contributed by atoms with Gasteiger partial charge in [0.15, 0.2) is 5.82 Å². The molecule has 0 atom stereocenters. The van der Waals surface area contributed by atoms with Crippen molar-refractivity contribution in [2.45, 2.75) is 38.1 Å². The smallest absolute Gasteiger partial charge is 0.234 e. The van der Waals surface area contributed by atoms with Gasteiger partial charge in [0, 0.05) is 43.9 Å². The predicted octanol–water partition coefficient (Wildman–Crippen LogP) is 2.91. The van der Waals surface area contributed by atoms with E-state index in [1.54, 1.807) is 24.3 Å². The van der Waals surface area contributed by atoms with Gasteiger partial charge in [0.25, 0.3) is 0 Å². The first-order valence-corrected chi connectivity index (χ1v) is 12.1. The van der Waals surface area contributed by atoms with E-state index >= 15 is 0 Å². The van der Waals surface area contributed by atoms with E-state index in [1.807, 2.05) is 19.1 Å². The number of thioether (sulfide) groups is 1. The minimum absolute atomic E-state index is 0.0655. The Morgan fingerprint density at radius 3 is 2.24 bits per heavy atom. The summed E-state index contributed by atoms with van der Waals surface area (Å²) < 4.78 is 0. The molecular formula is C23H30N6O3S. The number of piperidine rings is 1. The summed E-state index contributed by atoms with van der Waals surface area (Å²) in [6.45, 7) is 5.76. The van der Waals surface area contributed by atoms with Crippen LogP contribution in [0.15, 0.2) is 41.4 Å². The van der Waals surface area contributed by atoms with Crippen molar-refractivity contribution in [2.75, 3.05) is 40.9 Å². The molecule has 3 N–H and O–H groups in total. The van der Waals surface area contributed by atoms with Crippen molar-refractivity contribution in [3.05, 3.63) is 36.4 Å². The molecule has 2 heterocycles. The van der Waals surface area contributed by atoms with Gasteiger partial charge in [-0.15, -0.1) is 10.2 Å². The van der Waals surface area contributed by atoms with E-state index in [9.17, 15) is 14.4 Å². The quantitative estimate of drug-likeness (QED) is 0.483. The molecule has 176 valence electrons. The summed E-state index contributed by atoms with van der Waals surface area (Å²) in [7, 11) is 0. The third-order valence-electron chi connectivity index (χ3n) is 5.21. The van der Waals surface area contributed by atoms with Gasteiger partial charge in [-0.2, -0.15) is 0 Å². The summed E-state index contributed by atoms with van der Waals surface area (Å²) in [5.74, 6) is 0.915. The molecule has 0 unspecified atom stereocenters. The zero-order valence-electron chi connectivity index (χ0n) is 19.0. The lowest BCUT2D eigenvalue weighted by Gasteiger charge is -2.31. The number of hydrogen-bond donors (Lipinski definition) is 3. The van der Waals surface area contributed by atoms with Crippen LogP contribution in [0.2, 0.25) is 0 Å². The van der Waals surface area contributed by atoms with Crippen LogP contribution in [-0.2, 0) is 14.4 Å². The van der Waals surface area contributed by atoms with E-state index in [2.05, 4.69) is 31.0 Å². The Morgan fingerprint density at radius 2 is 1.67 bits per heavy atom. The Kier molecular flexibility index (Phi) is 9.05. The number of hydrogen-bond acceptors (Lipinski definition) is 7. The first-order chi connectivity index (χ1) is 15.9. The Hall–Kier alpha value is -3.14. The molecule has 1 aliphatic rings. The van der Waals surface area contributed by atoms with Gasteiger partial charge in [0.2, 0.25) is 17.7 Å². The highest BCUT2D eigenvalue weighted by Crippen LogP contribution is 2.23. The van der Waals surface area contributed by atoms with Gasteiger partial charge in [0.1, 0.15) is 5.03 Å². The van der Waals surface area contributed by atoms with Crippen LogP contribution >= 0.6 is 11.8 Å². The van der Waals surface area contributed by atoms with Gasteiger partial charge in [-0.3, -0.25) is 14.4 Å². The van der Waals surface area contributed by atoms with Crippen LogP contribution in [0.3, 0.4) is 0 Å². The monoisotopic (exact) mass is 470 g/mol. The van der Waals surface area contributed by atoms with E-state index < -0.39 is 0 Å². The van der Waals surface area contributed by atoms with Gasteiger partial charge in [-0.1, -0.05) is 18.7 Å². The number of benzene rings is 1. The van der Waals surface area contributed by atoms with Crippen molar-refractivity contribution in [3.8, 4) is 0 Å². The molecule has 0 saturated carbocycles. The zero-order chi connectivity index (χ0) is 23.6. The normalized spacial score (nSPS) is 13.9. The molecule has 1 aliphatic heterocycles. The highest BCUT2D eigenvalue weighted by atomic mass is 32.2. The van der Waals surface area contributed by atoms with E-state index in [-0.39, 0.29) is 29.4 Å². The number of anilines is 3. The summed E-state index contributed by atoms with van der Waals surface area (Å²) in [5, 5.41) is 17.7. The Labute approximate surface area is 198 Å². The van der Waals surface area contributed by atoms with Crippen LogP contribution in [0.4, 0.5) is 17.2 Å². The number of aromatic nitrogens is 2. The fourth-order valence-corrected chi connectivity index (χ4v) is 4.11. The van der Waals surface area contributed by atoms with E-state index in [1.165, 1.54) is 18.7 Å². The molecule has 1 aromatic heterocycles. The molecule has 0 radical (unpaired) electrons. The molecule has 1 saturated heterocycles. The van der Waals surface area contributed by atoms with Gasteiger partial charge >= 0.3 is 0 Å². The fourth-order valence-electron chi connectivity index (χ4n) is 3.50. The van der Waals surface area contributed by atoms with E-state index in [0.29, 0.717) is 16.4 Å². The van der Waals surface area contributed by atoms with Crippen LogP contribution in [0, 0.1) is 5.92 Å². The second kappa shape index (κ2) is 12.2. The molecule has 1 fully saturated rings. The summed E-state index contributed by atoms with van der Waals surface area (Å²) in [6, 6.07) is 10.7. The minimum atomic E-state index is -0.151. The Balaban J connectivity index is 1.42. The standard InChI is InChI=1S/C23H30N6O3S/c1-3-12-24-23(32)17-10-13-29(14-11-17)20-8-9-22(28-27-20)33-15-21(31)26-19-6-4-18(5-7-19)25-16(2)30/h4-9,17H,3,10-15H2,1-2H3,(H,24,32)(H,25,30)(H,26,31).